The third kappa shape index (κ3) is 2.08. The quantitative estimate of drug-likeness (QED) is 0.696. The number of aromatic nitrogens is 1. The summed E-state index contributed by atoms with van der Waals surface area (Å²) in [5.41, 5.74) is 1.52. The third-order valence-electron chi connectivity index (χ3n) is 2.70. The van der Waals surface area contributed by atoms with Crippen LogP contribution in [0.1, 0.15) is 31.9 Å². The molecule has 2 rings (SSSR count). The van der Waals surface area contributed by atoms with Gasteiger partial charge in [-0.15, -0.1) is 0 Å². The second-order valence-electron chi connectivity index (χ2n) is 4.21. The van der Waals surface area contributed by atoms with Crippen LogP contribution in [0.3, 0.4) is 0 Å². The molecule has 0 radical (unpaired) electrons. The van der Waals surface area contributed by atoms with Gasteiger partial charge in [-0.3, -0.25) is 0 Å². The highest BCUT2D eigenvalue weighted by Gasteiger charge is 2.32. The smallest absolute Gasteiger partial charge is 0.255 e. The van der Waals surface area contributed by atoms with Crippen LogP contribution in [0.2, 0.25) is 0 Å². The maximum atomic E-state index is 5.28. The van der Waals surface area contributed by atoms with Gasteiger partial charge in [-0.05, 0) is 25.2 Å². The predicted octanol–water partition coefficient (Wildman–Crippen LogP) is 3.27. The van der Waals surface area contributed by atoms with Crippen LogP contribution >= 0.6 is 11.8 Å². The Morgan fingerprint density at radius 3 is 2.85 bits per heavy atom. The molecule has 0 spiro atoms. The van der Waals surface area contributed by atoms with Crippen LogP contribution in [0.25, 0.3) is 0 Å². The van der Waals surface area contributed by atoms with Crippen LogP contribution in [0.15, 0.2) is 15.9 Å². The number of nitrogens with zero attached hydrogens (tertiary/aromatic N) is 1. The lowest BCUT2D eigenvalue weighted by atomic mass is 9.72. The summed E-state index contributed by atoms with van der Waals surface area (Å²) in [6, 6.07) is 0. The van der Waals surface area contributed by atoms with Crippen LogP contribution < -0.4 is 0 Å². The van der Waals surface area contributed by atoms with Gasteiger partial charge in [0.1, 0.15) is 6.26 Å². The lowest BCUT2D eigenvalue weighted by molar-refractivity contribution is 0.197. The molecule has 1 aliphatic rings. The highest BCUT2D eigenvalue weighted by atomic mass is 32.2. The minimum atomic E-state index is 0.549. The van der Waals surface area contributed by atoms with E-state index in [-0.39, 0.29) is 0 Å². The molecule has 0 N–H and O–H groups in total. The predicted molar refractivity (Wildman–Crippen MR) is 53.9 cm³/mol. The summed E-state index contributed by atoms with van der Waals surface area (Å²) < 4.78 is 5.28. The van der Waals surface area contributed by atoms with Crippen molar-refractivity contribution >= 4 is 11.8 Å². The maximum absolute atomic E-state index is 5.28. The van der Waals surface area contributed by atoms with Gasteiger partial charge in [-0.1, -0.05) is 25.1 Å². The van der Waals surface area contributed by atoms with E-state index in [2.05, 4.69) is 11.9 Å². The number of aryl methyl sites for hydroxylation is 1. The first kappa shape index (κ1) is 9.13. The third-order valence-corrected chi connectivity index (χ3v) is 3.98. The summed E-state index contributed by atoms with van der Waals surface area (Å²) in [6.45, 7) is 4.30. The Bertz CT molecular complexity index is 291. The summed E-state index contributed by atoms with van der Waals surface area (Å²) in [5, 5.41) is 0.825. The van der Waals surface area contributed by atoms with Gasteiger partial charge in [0.05, 0.1) is 5.69 Å². The van der Waals surface area contributed by atoms with Crippen LogP contribution in [0.5, 0.6) is 0 Å². The Balaban J connectivity index is 1.85. The van der Waals surface area contributed by atoms with Gasteiger partial charge < -0.3 is 4.42 Å². The first-order valence-corrected chi connectivity index (χ1v) is 5.71. The topological polar surface area (TPSA) is 26.0 Å². The molecule has 0 unspecified atom stereocenters. The van der Waals surface area contributed by atoms with E-state index in [1.807, 2.05) is 6.92 Å². The summed E-state index contributed by atoms with van der Waals surface area (Å²) in [6.07, 6.45) is 5.83. The molecule has 1 saturated carbocycles. The molecule has 2 nitrogen and oxygen atoms in total. The molecular weight excluding hydrogens is 182 g/mol. The fourth-order valence-corrected chi connectivity index (χ4v) is 2.64. The Labute approximate surface area is 83.1 Å². The monoisotopic (exact) mass is 197 g/mol. The molecule has 0 saturated heterocycles. The van der Waals surface area contributed by atoms with Crippen molar-refractivity contribution in [3.63, 3.8) is 0 Å². The Morgan fingerprint density at radius 1 is 1.62 bits per heavy atom. The van der Waals surface area contributed by atoms with Crippen molar-refractivity contribution in [1.29, 1.82) is 0 Å². The van der Waals surface area contributed by atoms with Gasteiger partial charge in [-0.2, -0.15) is 0 Å². The zero-order chi connectivity index (χ0) is 9.31. The molecule has 1 aromatic heterocycles. The number of thioether (sulfide) groups is 1. The molecule has 1 fully saturated rings. The molecule has 0 amide bonds. The van der Waals surface area contributed by atoms with Crippen molar-refractivity contribution in [3.05, 3.63) is 12.0 Å². The number of oxazole rings is 1. The largest absolute Gasteiger partial charge is 0.440 e. The zero-order valence-corrected chi connectivity index (χ0v) is 8.99. The van der Waals surface area contributed by atoms with E-state index < -0.39 is 0 Å². The Morgan fingerprint density at radius 2 is 2.38 bits per heavy atom. The molecule has 0 atom stereocenters. The second kappa shape index (κ2) is 3.37. The highest BCUT2D eigenvalue weighted by molar-refractivity contribution is 7.99. The average molecular weight is 197 g/mol. The van der Waals surface area contributed by atoms with E-state index in [9.17, 15) is 0 Å². The lowest BCUT2D eigenvalue weighted by Crippen LogP contribution is -2.27. The van der Waals surface area contributed by atoms with Gasteiger partial charge in [0.15, 0.2) is 0 Å². The van der Waals surface area contributed by atoms with Crippen LogP contribution in [-0.4, -0.2) is 10.7 Å². The van der Waals surface area contributed by atoms with Gasteiger partial charge in [0.2, 0.25) is 0 Å². The molecule has 1 aromatic rings. The molecule has 0 bridgehead atoms. The zero-order valence-electron chi connectivity index (χ0n) is 8.17. The average Bonchev–Trinajstić information content (AvgIpc) is 2.44. The van der Waals surface area contributed by atoms with Crippen molar-refractivity contribution in [3.8, 4) is 0 Å². The molecule has 1 aliphatic carbocycles. The molecule has 0 aromatic carbocycles. The molecule has 13 heavy (non-hydrogen) atoms. The molecule has 0 aliphatic heterocycles. The molecule has 72 valence electrons. The Hall–Kier alpha value is -0.440. The number of hydrogen-bond donors (Lipinski definition) is 0. The standard InChI is InChI=1S/C10H15NOS/c1-8-6-12-9(11-8)13-7-10(2)4-3-5-10/h6H,3-5,7H2,1-2H3. The number of rotatable bonds is 3. The maximum Gasteiger partial charge on any atom is 0.255 e. The van der Waals surface area contributed by atoms with Crippen molar-refractivity contribution in [2.75, 3.05) is 5.75 Å². The minimum absolute atomic E-state index is 0.549. The summed E-state index contributed by atoms with van der Waals surface area (Å²) in [4.78, 5) is 4.27. The molecule has 1 heterocycles. The van der Waals surface area contributed by atoms with Crippen molar-refractivity contribution in [2.24, 2.45) is 5.41 Å². The fraction of sp³-hybridized carbons (Fsp3) is 0.700. The lowest BCUT2D eigenvalue weighted by Gasteiger charge is -2.37. The van der Waals surface area contributed by atoms with Gasteiger partial charge in [-0.25, -0.2) is 4.98 Å². The molecule has 3 heteroatoms. The normalized spacial score (nSPS) is 19.8. The van der Waals surface area contributed by atoms with Crippen molar-refractivity contribution in [2.45, 2.75) is 38.3 Å². The van der Waals surface area contributed by atoms with Crippen molar-refractivity contribution in [1.82, 2.24) is 4.98 Å². The van der Waals surface area contributed by atoms with Crippen LogP contribution in [0, 0.1) is 12.3 Å². The molecular formula is C10H15NOS. The van der Waals surface area contributed by atoms with Crippen LogP contribution in [-0.2, 0) is 0 Å². The van der Waals surface area contributed by atoms with E-state index in [4.69, 9.17) is 4.42 Å². The van der Waals surface area contributed by atoms with E-state index in [0.717, 1.165) is 16.7 Å². The number of hydrogen-bond acceptors (Lipinski definition) is 3. The van der Waals surface area contributed by atoms with Crippen LogP contribution in [0.4, 0.5) is 0 Å². The summed E-state index contributed by atoms with van der Waals surface area (Å²) in [7, 11) is 0. The van der Waals surface area contributed by atoms with Crippen molar-refractivity contribution < 1.29 is 4.42 Å². The van der Waals surface area contributed by atoms with Gasteiger partial charge >= 0.3 is 0 Å². The summed E-state index contributed by atoms with van der Waals surface area (Å²) in [5.74, 6) is 1.15. The van der Waals surface area contributed by atoms with Gasteiger partial charge in [0.25, 0.3) is 5.22 Å². The first-order chi connectivity index (χ1) is 6.18. The first-order valence-electron chi connectivity index (χ1n) is 4.73. The SMILES string of the molecule is Cc1coc(SCC2(C)CCC2)n1. The van der Waals surface area contributed by atoms with E-state index in [1.54, 1.807) is 18.0 Å². The highest BCUT2D eigenvalue weighted by Crippen LogP contribution is 2.43. The summed E-state index contributed by atoms with van der Waals surface area (Å²) >= 11 is 1.75. The van der Waals surface area contributed by atoms with E-state index >= 15 is 0 Å². The van der Waals surface area contributed by atoms with Gasteiger partial charge in [0, 0.05) is 5.75 Å². The fourth-order valence-electron chi connectivity index (χ4n) is 1.56. The second-order valence-corrected chi connectivity index (χ2v) is 5.13. The minimum Gasteiger partial charge on any atom is -0.440 e. The van der Waals surface area contributed by atoms with E-state index in [0.29, 0.717) is 5.41 Å². The van der Waals surface area contributed by atoms with E-state index in [1.165, 1.54) is 19.3 Å². The Kier molecular flexibility index (Phi) is 2.37.